The first-order chi connectivity index (χ1) is 15.6. The quantitative estimate of drug-likeness (QED) is 0.469. The number of aromatic hydroxyl groups is 1. The molecule has 168 valence electrons. The minimum Gasteiger partial charge on any atom is -0.494 e. The maximum atomic E-state index is 13.7. The van der Waals surface area contributed by atoms with Crippen LogP contribution in [0.1, 0.15) is 19.3 Å². The molecular weight excluding hydrogens is 409 g/mol. The maximum absolute atomic E-state index is 13.7. The standard InChI is InChI=1S/C25H28FN3O3/c1-27-20-14-17(26)6-8-19(20)24-21(27)16-29(25(24)30)18-7-9-22(31-2)23(15-18)32-13-12-28-10-4-3-5-11-28/h6-9,14-16,30H,3-5,10-13H2,1-2H3. The number of nitrogens with zero attached hydrogens (tertiary/aromatic N) is 3. The summed E-state index contributed by atoms with van der Waals surface area (Å²) in [6.07, 6.45) is 5.68. The molecule has 1 aliphatic heterocycles. The Hall–Kier alpha value is -3.19. The minimum atomic E-state index is -0.297. The zero-order valence-corrected chi connectivity index (χ0v) is 18.5. The third kappa shape index (κ3) is 3.56. The van der Waals surface area contributed by atoms with Crippen LogP contribution in [0.15, 0.2) is 42.6 Å². The molecule has 1 aliphatic rings. The van der Waals surface area contributed by atoms with Crippen LogP contribution >= 0.6 is 0 Å². The molecule has 0 unspecified atom stereocenters. The molecule has 0 amide bonds. The Labute approximate surface area is 186 Å². The number of piperidine rings is 1. The van der Waals surface area contributed by atoms with Crippen LogP contribution < -0.4 is 9.47 Å². The van der Waals surface area contributed by atoms with Crippen LogP contribution in [0.3, 0.4) is 0 Å². The van der Waals surface area contributed by atoms with Crippen molar-refractivity contribution in [2.45, 2.75) is 19.3 Å². The number of aryl methyl sites for hydroxylation is 1. The minimum absolute atomic E-state index is 0.113. The summed E-state index contributed by atoms with van der Waals surface area (Å²) in [4.78, 5) is 2.43. The SMILES string of the molecule is COc1ccc(-n2cc3c(c2O)c2ccc(F)cc2n3C)cc1OCCN1CCCCC1. The molecule has 1 N–H and O–H groups in total. The fourth-order valence-corrected chi connectivity index (χ4v) is 4.71. The highest BCUT2D eigenvalue weighted by Crippen LogP contribution is 2.39. The zero-order valence-electron chi connectivity index (χ0n) is 18.5. The largest absolute Gasteiger partial charge is 0.494 e. The van der Waals surface area contributed by atoms with Gasteiger partial charge >= 0.3 is 0 Å². The van der Waals surface area contributed by atoms with Crippen LogP contribution in [-0.2, 0) is 7.05 Å². The van der Waals surface area contributed by atoms with E-state index in [0.29, 0.717) is 23.5 Å². The predicted octanol–water partition coefficient (Wildman–Crippen LogP) is 4.84. The van der Waals surface area contributed by atoms with Crippen molar-refractivity contribution >= 4 is 21.8 Å². The highest BCUT2D eigenvalue weighted by Gasteiger charge is 2.19. The van der Waals surface area contributed by atoms with Crippen LogP contribution in [0.5, 0.6) is 17.4 Å². The third-order valence-corrected chi connectivity index (χ3v) is 6.45. The van der Waals surface area contributed by atoms with Crippen molar-refractivity contribution in [2.24, 2.45) is 7.05 Å². The molecule has 0 bridgehead atoms. The van der Waals surface area contributed by atoms with Crippen molar-refractivity contribution < 1.29 is 19.0 Å². The molecule has 2 aromatic heterocycles. The second-order valence-electron chi connectivity index (χ2n) is 8.39. The Morgan fingerprint density at radius 1 is 1.00 bits per heavy atom. The molecule has 5 rings (SSSR count). The van der Waals surface area contributed by atoms with Gasteiger partial charge in [-0.2, -0.15) is 0 Å². The number of likely N-dealkylation sites (tertiary alicyclic amines) is 1. The summed E-state index contributed by atoms with van der Waals surface area (Å²) in [6.45, 7) is 3.72. The maximum Gasteiger partial charge on any atom is 0.206 e. The number of fused-ring (bicyclic) bond motifs is 3. The lowest BCUT2D eigenvalue weighted by molar-refractivity contribution is 0.180. The van der Waals surface area contributed by atoms with Crippen LogP contribution in [0.4, 0.5) is 4.39 Å². The van der Waals surface area contributed by atoms with Crippen molar-refractivity contribution in [2.75, 3.05) is 33.4 Å². The van der Waals surface area contributed by atoms with Crippen LogP contribution in [0.25, 0.3) is 27.5 Å². The molecule has 4 aromatic rings. The van der Waals surface area contributed by atoms with Crippen molar-refractivity contribution in [1.82, 2.24) is 14.0 Å². The molecule has 1 fully saturated rings. The highest BCUT2D eigenvalue weighted by atomic mass is 19.1. The molecular formula is C25H28FN3O3. The van der Waals surface area contributed by atoms with Crippen molar-refractivity contribution in [3.05, 3.63) is 48.4 Å². The van der Waals surface area contributed by atoms with Gasteiger partial charge in [-0.25, -0.2) is 4.39 Å². The van der Waals surface area contributed by atoms with Gasteiger partial charge in [-0.15, -0.1) is 0 Å². The lowest BCUT2D eigenvalue weighted by atomic mass is 10.1. The van der Waals surface area contributed by atoms with E-state index in [4.69, 9.17) is 9.47 Å². The first-order valence-corrected chi connectivity index (χ1v) is 11.1. The van der Waals surface area contributed by atoms with Crippen molar-refractivity contribution in [3.63, 3.8) is 0 Å². The molecule has 0 radical (unpaired) electrons. The molecule has 0 spiro atoms. The van der Waals surface area contributed by atoms with E-state index in [1.165, 1.54) is 31.4 Å². The number of methoxy groups -OCH3 is 1. The Balaban J connectivity index is 1.47. The number of hydrogen-bond donors (Lipinski definition) is 1. The number of rotatable bonds is 6. The van der Waals surface area contributed by atoms with E-state index in [0.717, 1.165) is 41.7 Å². The van der Waals surface area contributed by atoms with Gasteiger partial charge < -0.3 is 19.1 Å². The Kier molecular flexibility index (Phi) is 5.43. The topological polar surface area (TPSA) is 51.8 Å². The molecule has 7 heteroatoms. The first kappa shape index (κ1) is 20.7. The van der Waals surface area contributed by atoms with Crippen molar-refractivity contribution in [3.8, 4) is 23.1 Å². The van der Waals surface area contributed by atoms with Crippen molar-refractivity contribution in [1.29, 1.82) is 0 Å². The van der Waals surface area contributed by atoms with Gasteiger partial charge in [0.1, 0.15) is 12.4 Å². The number of halogens is 1. The van der Waals surface area contributed by atoms with Gasteiger partial charge in [-0.05, 0) is 56.3 Å². The fourth-order valence-electron chi connectivity index (χ4n) is 4.71. The van der Waals surface area contributed by atoms with E-state index < -0.39 is 0 Å². The average molecular weight is 438 g/mol. The Bertz CT molecular complexity index is 1270. The van der Waals surface area contributed by atoms with E-state index in [1.807, 2.05) is 36.0 Å². The van der Waals surface area contributed by atoms with E-state index in [2.05, 4.69) is 4.90 Å². The number of benzene rings is 2. The molecule has 0 atom stereocenters. The first-order valence-electron chi connectivity index (χ1n) is 11.1. The van der Waals surface area contributed by atoms with Gasteiger partial charge in [-0.1, -0.05) is 6.42 Å². The number of aromatic nitrogens is 2. The van der Waals surface area contributed by atoms with E-state index in [-0.39, 0.29) is 11.7 Å². The Morgan fingerprint density at radius 3 is 2.59 bits per heavy atom. The summed E-state index contributed by atoms with van der Waals surface area (Å²) >= 11 is 0. The normalized spacial score (nSPS) is 15.0. The van der Waals surface area contributed by atoms with Gasteiger partial charge in [0.15, 0.2) is 11.5 Å². The number of ether oxygens (including phenoxy) is 2. The Morgan fingerprint density at radius 2 is 1.81 bits per heavy atom. The summed E-state index contributed by atoms with van der Waals surface area (Å²) in [7, 11) is 3.50. The molecule has 0 aliphatic carbocycles. The van der Waals surface area contributed by atoms with Crippen LogP contribution in [0.2, 0.25) is 0 Å². The summed E-state index contributed by atoms with van der Waals surface area (Å²) in [5.74, 6) is 1.12. The van der Waals surface area contributed by atoms with E-state index >= 15 is 0 Å². The highest BCUT2D eigenvalue weighted by molar-refractivity contribution is 6.11. The second kappa shape index (κ2) is 8.39. The summed E-state index contributed by atoms with van der Waals surface area (Å²) in [6, 6.07) is 10.2. The predicted molar refractivity (Wildman–Crippen MR) is 124 cm³/mol. The molecule has 6 nitrogen and oxygen atoms in total. The number of hydrogen-bond acceptors (Lipinski definition) is 4. The molecule has 3 heterocycles. The summed E-state index contributed by atoms with van der Waals surface area (Å²) < 4.78 is 28.9. The lowest BCUT2D eigenvalue weighted by Gasteiger charge is -2.26. The van der Waals surface area contributed by atoms with Crippen LogP contribution in [0, 0.1) is 5.82 Å². The summed E-state index contributed by atoms with van der Waals surface area (Å²) in [5, 5.41) is 12.6. The molecule has 1 saturated heterocycles. The fraction of sp³-hybridized carbons (Fsp3) is 0.360. The van der Waals surface area contributed by atoms with Gasteiger partial charge in [0, 0.05) is 31.2 Å². The average Bonchev–Trinajstić information content (AvgIpc) is 3.29. The second-order valence-corrected chi connectivity index (χ2v) is 8.39. The molecule has 0 saturated carbocycles. The lowest BCUT2D eigenvalue weighted by Crippen LogP contribution is -2.33. The molecule has 2 aromatic carbocycles. The monoisotopic (exact) mass is 437 g/mol. The zero-order chi connectivity index (χ0) is 22.2. The van der Waals surface area contributed by atoms with Gasteiger partial charge in [0.05, 0.1) is 29.2 Å². The van der Waals surface area contributed by atoms with E-state index in [9.17, 15) is 9.50 Å². The smallest absolute Gasteiger partial charge is 0.206 e. The summed E-state index contributed by atoms with van der Waals surface area (Å²) in [5.41, 5.74) is 2.34. The third-order valence-electron chi connectivity index (χ3n) is 6.45. The van der Waals surface area contributed by atoms with E-state index in [1.54, 1.807) is 17.7 Å². The van der Waals surface area contributed by atoms with Gasteiger partial charge in [0.25, 0.3) is 0 Å². The van der Waals surface area contributed by atoms with Crippen LogP contribution in [-0.4, -0.2) is 52.5 Å². The van der Waals surface area contributed by atoms with Gasteiger partial charge in [-0.3, -0.25) is 9.47 Å². The van der Waals surface area contributed by atoms with Gasteiger partial charge in [0.2, 0.25) is 5.88 Å². The molecule has 32 heavy (non-hydrogen) atoms.